The van der Waals surface area contributed by atoms with E-state index in [0.29, 0.717) is 0 Å². The van der Waals surface area contributed by atoms with Crippen LogP contribution in [0.15, 0.2) is 35.3 Å². The zero-order valence-electron chi connectivity index (χ0n) is 6.36. The van der Waals surface area contributed by atoms with E-state index >= 15 is 0 Å². The van der Waals surface area contributed by atoms with E-state index < -0.39 is 0 Å². The second kappa shape index (κ2) is 2.68. The smallest absolute Gasteiger partial charge is 0.125 e. The number of hydrogen-bond donors (Lipinski definition) is 1. The predicted molar refractivity (Wildman–Crippen MR) is 48.8 cm³/mol. The number of aliphatic imine (C=N–C) groups is 1. The number of nitrogens with zero attached hydrogens (tertiary/aromatic N) is 1. The second-order valence-corrected chi connectivity index (χ2v) is 2.48. The highest BCUT2D eigenvalue weighted by atomic mass is 16.3. The summed E-state index contributed by atoms with van der Waals surface area (Å²) < 4.78 is 0. The number of benzene rings is 1. The summed E-state index contributed by atoms with van der Waals surface area (Å²) in [6, 6.07) is 5.24. The third-order valence-electron chi connectivity index (χ3n) is 1.68. The lowest BCUT2D eigenvalue weighted by Gasteiger charge is -2.00. The Bertz CT molecular complexity index is 398. The molecule has 1 aromatic rings. The molecule has 1 aliphatic heterocycles. The van der Waals surface area contributed by atoms with Crippen molar-refractivity contribution in [3.05, 3.63) is 35.9 Å². The summed E-state index contributed by atoms with van der Waals surface area (Å²) in [5.41, 5.74) is 1.50. The first-order valence-electron chi connectivity index (χ1n) is 3.66. The fourth-order valence-electron chi connectivity index (χ4n) is 1.10. The topological polar surface area (TPSA) is 32.6 Å². The van der Waals surface area contributed by atoms with Gasteiger partial charge in [-0.3, -0.25) is 0 Å². The van der Waals surface area contributed by atoms with Gasteiger partial charge in [0.25, 0.3) is 0 Å². The molecule has 2 rings (SSSR count). The molecule has 0 bridgehead atoms. The molecule has 0 unspecified atom stereocenters. The van der Waals surface area contributed by atoms with Crippen LogP contribution in [0, 0.1) is 0 Å². The maximum absolute atomic E-state index is 9.43. The highest BCUT2D eigenvalue weighted by molar-refractivity contribution is 5.77. The molecule has 0 aliphatic carbocycles. The van der Waals surface area contributed by atoms with Crippen LogP contribution in [0.25, 0.3) is 6.08 Å². The Morgan fingerprint density at radius 3 is 3.17 bits per heavy atom. The SMILES string of the molecule is Oc1cccc2c1C=CC=C=N2. The van der Waals surface area contributed by atoms with Crippen molar-refractivity contribution in [3.63, 3.8) is 0 Å². The number of fused-ring (bicyclic) bond motifs is 1. The average Bonchev–Trinajstić information content (AvgIpc) is 2.30. The van der Waals surface area contributed by atoms with Gasteiger partial charge >= 0.3 is 0 Å². The number of phenols is 1. The zero-order chi connectivity index (χ0) is 8.39. The first kappa shape index (κ1) is 6.89. The van der Waals surface area contributed by atoms with Crippen molar-refractivity contribution in [1.82, 2.24) is 0 Å². The fraction of sp³-hybridized carbons (Fsp3) is 0. The molecule has 1 heterocycles. The normalized spacial score (nSPS) is 12.7. The maximum atomic E-state index is 9.43. The molecular weight excluding hydrogens is 150 g/mol. The summed E-state index contributed by atoms with van der Waals surface area (Å²) >= 11 is 0. The van der Waals surface area contributed by atoms with E-state index in [2.05, 4.69) is 10.9 Å². The van der Waals surface area contributed by atoms with E-state index in [1.807, 2.05) is 12.1 Å². The van der Waals surface area contributed by atoms with Gasteiger partial charge in [0.2, 0.25) is 0 Å². The van der Waals surface area contributed by atoms with Crippen LogP contribution in [0.3, 0.4) is 0 Å². The maximum Gasteiger partial charge on any atom is 0.125 e. The number of hydrogen-bond acceptors (Lipinski definition) is 2. The van der Waals surface area contributed by atoms with E-state index in [0.717, 1.165) is 11.3 Å². The molecular formula is C10H7NO. The quantitative estimate of drug-likeness (QED) is 0.615. The van der Waals surface area contributed by atoms with Gasteiger partial charge < -0.3 is 5.11 Å². The van der Waals surface area contributed by atoms with Crippen LogP contribution in [-0.4, -0.2) is 11.0 Å². The molecule has 1 N–H and O–H groups in total. The molecule has 1 aliphatic rings. The molecule has 0 spiro atoms. The molecule has 12 heavy (non-hydrogen) atoms. The summed E-state index contributed by atoms with van der Waals surface area (Å²) in [6.45, 7) is 0. The van der Waals surface area contributed by atoms with Crippen molar-refractivity contribution in [3.8, 4) is 5.75 Å². The van der Waals surface area contributed by atoms with Crippen molar-refractivity contribution < 1.29 is 5.11 Å². The Morgan fingerprint density at radius 1 is 1.33 bits per heavy atom. The minimum Gasteiger partial charge on any atom is -0.507 e. The van der Waals surface area contributed by atoms with Crippen LogP contribution in [-0.2, 0) is 0 Å². The van der Waals surface area contributed by atoms with Crippen molar-refractivity contribution in [2.24, 2.45) is 4.99 Å². The first-order valence-corrected chi connectivity index (χ1v) is 3.66. The molecule has 2 nitrogen and oxygen atoms in total. The van der Waals surface area contributed by atoms with Crippen LogP contribution < -0.4 is 0 Å². The lowest BCUT2D eigenvalue weighted by atomic mass is 10.1. The van der Waals surface area contributed by atoms with E-state index in [9.17, 15) is 5.11 Å². The van der Waals surface area contributed by atoms with E-state index in [1.165, 1.54) is 0 Å². The molecule has 0 aromatic heterocycles. The summed E-state index contributed by atoms with van der Waals surface area (Å²) in [5.74, 6) is 2.99. The Balaban J connectivity index is 2.72. The highest BCUT2D eigenvalue weighted by Crippen LogP contribution is 2.29. The number of phenolic OH excluding ortho intramolecular Hbond substituents is 1. The summed E-state index contributed by atoms with van der Waals surface area (Å²) in [4.78, 5) is 4.02. The first-order chi connectivity index (χ1) is 5.88. The van der Waals surface area contributed by atoms with Gasteiger partial charge in [0, 0.05) is 5.56 Å². The van der Waals surface area contributed by atoms with Crippen LogP contribution in [0.2, 0.25) is 0 Å². The van der Waals surface area contributed by atoms with Gasteiger partial charge in [-0.1, -0.05) is 12.1 Å². The Labute approximate surface area is 70.2 Å². The number of rotatable bonds is 0. The average molecular weight is 157 g/mol. The highest BCUT2D eigenvalue weighted by Gasteiger charge is 2.02. The van der Waals surface area contributed by atoms with Gasteiger partial charge in [0.05, 0.1) is 5.69 Å². The van der Waals surface area contributed by atoms with Crippen LogP contribution in [0.5, 0.6) is 5.75 Å². The molecule has 0 fully saturated rings. The van der Waals surface area contributed by atoms with Crippen LogP contribution in [0.4, 0.5) is 5.69 Å². The van der Waals surface area contributed by atoms with Gasteiger partial charge in [-0.2, -0.15) is 0 Å². The lowest BCUT2D eigenvalue weighted by Crippen LogP contribution is -1.74. The monoisotopic (exact) mass is 157 g/mol. The van der Waals surface area contributed by atoms with Gasteiger partial charge in [-0.15, -0.1) is 0 Å². The molecule has 0 atom stereocenters. The molecule has 58 valence electrons. The Kier molecular flexibility index (Phi) is 1.54. The Hall–Kier alpha value is -1.79. The third-order valence-corrected chi connectivity index (χ3v) is 1.68. The molecule has 0 saturated heterocycles. The minimum absolute atomic E-state index is 0.254. The fourth-order valence-corrected chi connectivity index (χ4v) is 1.10. The standard InChI is InChI=1S/C10H7NO/c12-10-6-3-5-9-8(10)4-1-2-7-11-9/h1-6,12H. The number of allylic oxidation sites excluding steroid dienone is 2. The Morgan fingerprint density at radius 2 is 2.25 bits per heavy atom. The van der Waals surface area contributed by atoms with Crippen LogP contribution >= 0.6 is 0 Å². The lowest BCUT2D eigenvalue weighted by molar-refractivity contribution is 0.474. The largest absolute Gasteiger partial charge is 0.507 e. The van der Waals surface area contributed by atoms with Crippen molar-refractivity contribution >= 4 is 17.6 Å². The van der Waals surface area contributed by atoms with E-state index in [4.69, 9.17) is 0 Å². The van der Waals surface area contributed by atoms with Gasteiger partial charge in [-0.05, 0) is 30.2 Å². The summed E-state index contributed by atoms with van der Waals surface area (Å²) in [7, 11) is 0. The predicted octanol–water partition coefficient (Wildman–Crippen LogP) is 2.28. The van der Waals surface area contributed by atoms with Gasteiger partial charge in [0.15, 0.2) is 0 Å². The van der Waals surface area contributed by atoms with Crippen molar-refractivity contribution in [1.29, 1.82) is 0 Å². The second-order valence-electron chi connectivity index (χ2n) is 2.48. The van der Waals surface area contributed by atoms with Gasteiger partial charge in [-0.25, -0.2) is 4.99 Å². The zero-order valence-corrected chi connectivity index (χ0v) is 6.36. The molecule has 1 aromatic carbocycles. The molecule has 0 saturated carbocycles. The van der Waals surface area contributed by atoms with Crippen LogP contribution in [0.1, 0.15) is 5.56 Å². The van der Waals surface area contributed by atoms with Crippen molar-refractivity contribution in [2.45, 2.75) is 0 Å². The van der Waals surface area contributed by atoms with E-state index in [1.54, 1.807) is 24.3 Å². The molecule has 2 heteroatoms. The molecule has 0 radical (unpaired) electrons. The minimum atomic E-state index is 0.254. The summed E-state index contributed by atoms with van der Waals surface area (Å²) in [6.07, 6.45) is 5.32. The third kappa shape index (κ3) is 1.04. The van der Waals surface area contributed by atoms with E-state index in [-0.39, 0.29) is 5.75 Å². The molecule has 0 amide bonds. The van der Waals surface area contributed by atoms with Crippen molar-refractivity contribution in [2.75, 3.05) is 0 Å². The van der Waals surface area contributed by atoms with Gasteiger partial charge in [0.1, 0.15) is 5.75 Å². The summed E-state index contributed by atoms with van der Waals surface area (Å²) in [5, 5.41) is 9.43. The number of aromatic hydroxyl groups is 1.